The average molecular weight is 202 g/mol. The number of para-hydroxylation sites is 2. The molecular formula is C10H16ClNO. The van der Waals surface area contributed by atoms with Crippen molar-refractivity contribution in [3.63, 3.8) is 0 Å². The maximum absolute atomic E-state index is 5.46. The molecule has 0 aliphatic rings. The van der Waals surface area contributed by atoms with Crippen LogP contribution in [0.15, 0.2) is 24.3 Å². The van der Waals surface area contributed by atoms with Gasteiger partial charge < -0.3 is 9.64 Å². The summed E-state index contributed by atoms with van der Waals surface area (Å²) in [7, 11) is 4.02. The maximum atomic E-state index is 5.46. The van der Waals surface area contributed by atoms with Crippen molar-refractivity contribution in [2.75, 3.05) is 25.6 Å². The molecule has 74 valence electrons. The molecule has 3 heteroatoms. The Morgan fingerprint density at radius 2 is 1.85 bits per heavy atom. The first-order chi connectivity index (χ1) is 5.75. The van der Waals surface area contributed by atoms with Crippen LogP contribution in [0, 0.1) is 0 Å². The molecule has 13 heavy (non-hydrogen) atoms. The Bertz CT molecular complexity index is 250. The highest BCUT2D eigenvalue weighted by atomic mass is 35.5. The molecule has 0 amide bonds. The van der Waals surface area contributed by atoms with E-state index < -0.39 is 0 Å². The van der Waals surface area contributed by atoms with E-state index in [2.05, 4.69) is 0 Å². The molecule has 1 rings (SSSR count). The molecule has 0 N–H and O–H groups in total. The van der Waals surface area contributed by atoms with Crippen LogP contribution < -0.4 is 9.64 Å². The Hall–Kier alpha value is -0.890. The molecule has 0 atom stereocenters. The summed E-state index contributed by atoms with van der Waals surface area (Å²) in [4.78, 5) is 2.05. The van der Waals surface area contributed by atoms with E-state index in [1.54, 1.807) is 0 Å². The van der Waals surface area contributed by atoms with Gasteiger partial charge in [0.25, 0.3) is 0 Å². The molecule has 1 aromatic carbocycles. The highest BCUT2D eigenvalue weighted by molar-refractivity contribution is 5.85. The number of hydrogen-bond donors (Lipinski definition) is 0. The van der Waals surface area contributed by atoms with Gasteiger partial charge in [-0.15, -0.1) is 12.4 Å². The fraction of sp³-hybridized carbons (Fsp3) is 0.400. The Morgan fingerprint density at radius 1 is 1.23 bits per heavy atom. The number of rotatable bonds is 3. The van der Waals surface area contributed by atoms with Crippen LogP contribution in [0.2, 0.25) is 0 Å². The van der Waals surface area contributed by atoms with Crippen LogP contribution in [0.5, 0.6) is 5.75 Å². The Kier molecular flexibility index (Phi) is 5.31. The first kappa shape index (κ1) is 12.1. The fourth-order valence-electron chi connectivity index (χ4n) is 1.10. The van der Waals surface area contributed by atoms with Gasteiger partial charge in [0.15, 0.2) is 0 Å². The predicted octanol–water partition coefficient (Wildman–Crippen LogP) is 2.57. The molecular weight excluding hydrogens is 186 g/mol. The van der Waals surface area contributed by atoms with E-state index in [-0.39, 0.29) is 12.4 Å². The zero-order valence-corrected chi connectivity index (χ0v) is 9.10. The van der Waals surface area contributed by atoms with Gasteiger partial charge in [-0.2, -0.15) is 0 Å². The molecule has 0 aliphatic carbocycles. The lowest BCUT2D eigenvalue weighted by Gasteiger charge is -2.16. The second-order valence-corrected chi connectivity index (χ2v) is 2.80. The summed E-state index contributed by atoms with van der Waals surface area (Å²) in [6.07, 6.45) is 0. The van der Waals surface area contributed by atoms with E-state index in [9.17, 15) is 0 Å². The van der Waals surface area contributed by atoms with Crippen molar-refractivity contribution in [2.24, 2.45) is 0 Å². The van der Waals surface area contributed by atoms with Crippen LogP contribution in [-0.2, 0) is 0 Å². The van der Waals surface area contributed by atoms with Crippen molar-refractivity contribution in [3.8, 4) is 5.75 Å². The molecule has 0 aliphatic heterocycles. The topological polar surface area (TPSA) is 12.5 Å². The number of anilines is 1. The van der Waals surface area contributed by atoms with Gasteiger partial charge >= 0.3 is 0 Å². The molecule has 1 aromatic rings. The molecule has 0 spiro atoms. The third kappa shape index (κ3) is 3.15. The van der Waals surface area contributed by atoms with Crippen LogP contribution in [0.25, 0.3) is 0 Å². The van der Waals surface area contributed by atoms with E-state index >= 15 is 0 Å². The van der Waals surface area contributed by atoms with Crippen LogP contribution in [0.3, 0.4) is 0 Å². The molecule has 0 aromatic heterocycles. The minimum Gasteiger partial charge on any atom is -0.492 e. The molecule has 0 radical (unpaired) electrons. The number of nitrogens with zero attached hydrogens (tertiary/aromatic N) is 1. The summed E-state index contributed by atoms with van der Waals surface area (Å²) in [5, 5.41) is 0. The summed E-state index contributed by atoms with van der Waals surface area (Å²) in [6.45, 7) is 2.71. The van der Waals surface area contributed by atoms with Gasteiger partial charge in [-0.25, -0.2) is 0 Å². The second-order valence-electron chi connectivity index (χ2n) is 2.80. The number of ether oxygens (including phenoxy) is 1. The highest BCUT2D eigenvalue weighted by Crippen LogP contribution is 2.25. The summed E-state index contributed by atoms with van der Waals surface area (Å²) in [5.41, 5.74) is 1.12. The first-order valence-corrected chi connectivity index (χ1v) is 4.15. The average Bonchev–Trinajstić information content (AvgIpc) is 2.05. The fourth-order valence-corrected chi connectivity index (χ4v) is 1.10. The number of benzene rings is 1. The van der Waals surface area contributed by atoms with Gasteiger partial charge in [-0.3, -0.25) is 0 Å². The molecule has 0 bridgehead atoms. The molecule has 0 saturated heterocycles. The number of hydrogen-bond acceptors (Lipinski definition) is 2. The van der Waals surface area contributed by atoms with Crippen molar-refractivity contribution in [2.45, 2.75) is 6.92 Å². The maximum Gasteiger partial charge on any atom is 0.142 e. The largest absolute Gasteiger partial charge is 0.492 e. The summed E-state index contributed by atoms with van der Waals surface area (Å²) in [5.74, 6) is 0.949. The van der Waals surface area contributed by atoms with Gasteiger partial charge in [0.05, 0.1) is 12.3 Å². The SMILES string of the molecule is CCOc1ccccc1N(C)C.Cl. The third-order valence-corrected chi connectivity index (χ3v) is 1.65. The van der Waals surface area contributed by atoms with Crippen molar-refractivity contribution in [3.05, 3.63) is 24.3 Å². The second kappa shape index (κ2) is 5.70. The summed E-state index contributed by atoms with van der Waals surface area (Å²) in [6, 6.07) is 8.03. The minimum atomic E-state index is 0. The zero-order valence-electron chi connectivity index (χ0n) is 8.28. The van der Waals surface area contributed by atoms with E-state index in [0.717, 1.165) is 11.4 Å². The predicted molar refractivity (Wildman–Crippen MR) is 59.2 cm³/mol. The van der Waals surface area contributed by atoms with E-state index in [0.29, 0.717) is 6.61 Å². The minimum absolute atomic E-state index is 0. The molecule has 0 heterocycles. The summed E-state index contributed by atoms with van der Waals surface area (Å²) < 4.78 is 5.46. The standard InChI is InChI=1S/C10H15NO.ClH/c1-4-12-10-8-6-5-7-9(10)11(2)3;/h5-8H,4H2,1-3H3;1H. The molecule has 0 unspecified atom stereocenters. The summed E-state index contributed by atoms with van der Waals surface area (Å²) >= 11 is 0. The van der Waals surface area contributed by atoms with E-state index in [1.165, 1.54) is 0 Å². The van der Waals surface area contributed by atoms with Crippen LogP contribution >= 0.6 is 12.4 Å². The van der Waals surface area contributed by atoms with Crippen molar-refractivity contribution >= 4 is 18.1 Å². The smallest absolute Gasteiger partial charge is 0.142 e. The van der Waals surface area contributed by atoms with Crippen LogP contribution in [0.1, 0.15) is 6.92 Å². The third-order valence-electron chi connectivity index (χ3n) is 1.65. The molecule has 0 fully saturated rings. The molecule has 2 nitrogen and oxygen atoms in total. The van der Waals surface area contributed by atoms with Crippen LogP contribution in [0.4, 0.5) is 5.69 Å². The number of halogens is 1. The van der Waals surface area contributed by atoms with Gasteiger partial charge in [-0.1, -0.05) is 12.1 Å². The van der Waals surface area contributed by atoms with Crippen molar-refractivity contribution < 1.29 is 4.74 Å². The first-order valence-electron chi connectivity index (χ1n) is 4.15. The monoisotopic (exact) mass is 201 g/mol. The Balaban J connectivity index is 0.00000144. The normalized spacial score (nSPS) is 8.85. The Labute approximate surface area is 85.9 Å². The van der Waals surface area contributed by atoms with Gasteiger partial charge in [-0.05, 0) is 19.1 Å². The quantitative estimate of drug-likeness (QED) is 0.746. The van der Waals surface area contributed by atoms with E-state index in [1.807, 2.05) is 50.2 Å². The lowest BCUT2D eigenvalue weighted by molar-refractivity contribution is 0.341. The van der Waals surface area contributed by atoms with Gasteiger partial charge in [0.1, 0.15) is 5.75 Å². The van der Waals surface area contributed by atoms with Crippen molar-refractivity contribution in [1.82, 2.24) is 0 Å². The highest BCUT2D eigenvalue weighted by Gasteiger charge is 2.02. The van der Waals surface area contributed by atoms with Gasteiger partial charge in [0, 0.05) is 14.1 Å². The van der Waals surface area contributed by atoms with Crippen molar-refractivity contribution in [1.29, 1.82) is 0 Å². The lowest BCUT2D eigenvalue weighted by atomic mass is 10.3. The molecule has 0 saturated carbocycles. The van der Waals surface area contributed by atoms with E-state index in [4.69, 9.17) is 4.74 Å². The lowest BCUT2D eigenvalue weighted by Crippen LogP contribution is -2.10. The van der Waals surface area contributed by atoms with Crippen LogP contribution in [-0.4, -0.2) is 20.7 Å². The zero-order chi connectivity index (χ0) is 8.97. The van der Waals surface area contributed by atoms with Gasteiger partial charge in [0.2, 0.25) is 0 Å². The Morgan fingerprint density at radius 3 is 2.38 bits per heavy atom.